The van der Waals surface area contributed by atoms with E-state index >= 15 is 0 Å². The molecule has 0 nitrogen and oxygen atoms in total. The molecule has 0 bridgehead atoms. The molecule has 0 saturated carbocycles. The Labute approximate surface area is 139 Å². The minimum absolute atomic E-state index is 0. The van der Waals surface area contributed by atoms with Gasteiger partial charge in [-0.05, 0) is 0 Å². The van der Waals surface area contributed by atoms with Gasteiger partial charge in [0.05, 0.1) is 0 Å². The van der Waals surface area contributed by atoms with Crippen LogP contribution in [-0.2, 0) is 25.8 Å². The van der Waals surface area contributed by atoms with Crippen LogP contribution < -0.4 is 48.0 Å². The first kappa shape index (κ1) is 17.7. The summed E-state index contributed by atoms with van der Waals surface area (Å²) in [5.74, 6) is 0.547. The summed E-state index contributed by atoms with van der Waals surface area (Å²) in [6, 6.07) is 8.52. The van der Waals surface area contributed by atoms with Gasteiger partial charge < -0.3 is 48.0 Å². The van der Waals surface area contributed by atoms with Crippen LogP contribution in [0, 0.1) is 6.08 Å². The van der Waals surface area contributed by atoms with E-state index in [-0.39, 0.29) is 73.8 Å². The third-order valence-corrected chi connectivity index (χ3v) is 2.22. The van der Waals surface area contributed by atoms with E-state index in [1.165, 1.54) is 11.1 Å². The SMILES string of the molecule is CCC1[C-]=Cc2ccccc21.[Hf].[I-].[I-]. The van der Waals surface area contributed by atoms with Crippen molar-refractivity contribution < 1.29 is 73.8 Å². The molecule has 0 aromatic heterocycles. The minimum atomic E-state index is 0. The molecule has 0 N–H and O–H groups in total. The molecule has 0 radical (unpaired) electrons. The Morgan fingerprint density at radius 1 is 1.21 bits per heavy atom. The molecule has 2 rings (SSSR count). The monoisotopic (exact) mass is 577 g/mol. The Morgan fingerprint density at radius 2 is 1.86 bits per heavy atom. The third-order valence-electron chi connectivity index (χ3n) is 2.22. The Kier molecular flexibility index (Phi) is 10.7. The van der Waals surface area contributed by atoms with E-state index in [2.05, 4.69) is 43.3 Å². The molecular formula is C11H11HfI2-3. The zero-order chi connectivity index (χ0) is 7.68. The van der Waals surface area contributed by atoms with Crippen LogP contribution in [0.25, 0.3) is 6.08 Å². The second-order valence-corrected chi connectivity index (χ2v) is 2.90. The van der Waals surface area contributed by atoms with Gasteiger partial charge in [-0.2, -0.15) is 5.56 Å². The number of fused-ring (bicyclic) bond motifs is 1. The second-order valence-electron chi connectivity index (χ2n) is 2.90. The standard InChI is InChI=1S/C11H11.Hf.2HI/c1-2-9-7-8-10-5-3-4-6-11(9)10;;;/h3-6,8-9H,2H2,1H3;;2*1H/q-1;;;/p-2. The van der Waals surface area contributed by atoms with Gasteiger partial charge in [0, 0.05) is 25.8 Å². The normalized spacial score (nSPS) is 15.9. The largest absolute Gasteiger partial charge is 1.00 e. The van der Waals surface area contributed by atoms with E-state index in [4.69, 9.17) is 0 Å². The molecule has 1 unspecified atom stereocenters. The molecule has 0 saturated heterocycles. The number of allylic oxidation sites excluding steroid dienone is 1. The summed E-state index contributed by atoms with van der Waals surface area (Å²) < 4.78 is 0. The smallest absolute Gasteiger partial charge is 0 e. The van der Waals surface area contributed by atoms with E-state index in [0.29, 0.717) is 5.92 Å². The Bertz CT molecular complexity index is 297. The van der Waals surface area contributed by atoms with Crippen molar-refractivity contribution in [2.24, 2.45) is 0 Å². The number of hydrogen-bond donors (Lipinski definition) is 0. The predicted octanol–water partition coefficient (Wildman–Crippen LogP) is -2.98. The third kappa shape index (κ3) is 3.70. The summed E-state index contributed by atoms with van der Waals surface area (Å²) in [7, 11) is 0. The van der Waals surface area contributed by atoms with E-state index < -0.39 is 0 Å². The molecule has 0 spiro atoms. The van der Waals surface area contributed by atoms with Crippen LogP contribution in [0.4, 0.5) is 0 Å². The van der Waals surface area contributed by atoms with Gasteiger partial charge in [-0.1, -0.05) is 37.5 Å². The van der Waals surface area contributed by atoms with Crippen LogP contribution >= 0.6 is 0 Å². The van der Waals surface area contributed by atoms with Crippen molar-refractivity contribution >= 4 is 6.08 Å². The van der Waals surface area contributed by atoms with Crippen LogP contribution in [0.2, 0.25) is 0 Å². The molecule has 1 aliphatic rings. The quantitative estimate of drug-likeness (QED) is 0.191. The minimum Gasteiger partial charge on any atom is -1.00 e. The van der Waals surface area contributed by atoms with Crippen LogP contribution in [0.5, 0.6) is 0 Å². The molecule has 0 heterocycles. The van der Waals surface area contributed by atoms with E-state index in [9.17, 15) is 0 Å². The van der Waals surface area contributed by atoms with Crippen molar-refractivity contribution in [2.75, 3.05) is 0 Å². The topological polar surface area (TPSA) is 0 Å². The van der Waals surface area contributed by atoms with Gasteiger partial charge in [-0.15, -0.1) is 11.6 Å². The molecule has 1 aliphatic carbocycles. The molecule has 1 aromatic carbocycles. The Hall–Kier alpha value is 1.29. The summed E-state index contributed by atoms with van der Waals surface area (Å²) in [4.78, 5) is 0. The van der Waals surface area contributed by atoms with Gasteiger partial charge in [0.1, 0.15) is 0 Å². The van der Waals surface area contributed by atoms with Crippen LogP contribution in [-0.4, -0.2) is 0 Å². The molecule has 3 heteroatoms. The fourth-order valence-corrected chi connectivity index (χ4v) is 1.58. The molecule has 76 valence electrons. The first-order valence-corrected chi connectivity index (χ1v) is 4.10. The summed E-state index contributed by atoms with van der Waals surface area (Å²) in [6.07, 6.45) is 6.61. The van der Waals surface area contributed by atoms with Crippen LogP contribution in [0.3, 0.4) is 0 Å². The van der Waals surface area contributed by atoms with Crippen molar-refractivity contribution in [1.82, 2.24) is 0 Å². The molecule has 0 fully saturated rings. The van der Waals surface area contributed by atoms with E-state index in [1.807, 2.05) is 0 Å². The number of hydrogen-bond acceptors (Lipinski definition) is 0. The van der Waals surface area contributed by atoms with Gasteiger partial charge in [-0.25, -0.2) is 6.08 Å². The number of halogens is 2. The summed E-state index contributed by atoms with van der Waals surface area (Å²) in [5.41, 5.74) is 2.79. The maximum Gasteiger partial charge on any atom is 0 e. The van der Waals surface area contributed by atoms with Crippen molar-refractivity contribution in [1.29, 1.82) is 0 Å². The number of benzene rings is 1. The second kappa shape index (κ2) is 8.44. The average molecular weight is 576 g/mol. The van der Waals surface area contributed by atoms with E-state index in [0.717, 1.165) is 6.42 Å². The maximum atomic E-state index is 3.35. The summed E-state index contributed by atoms with van der Waals surface area (Å²) in [6.45, 7) is 2.20. The van der Waals surface area contributed by atoms with Gasteiger partial charge in [0.2, 0.25) is 0 Å². The van der Waals surface area contributed by atoms with Gasteiger partial charge >= 0.3 is 0 Å². The summed E-state index contributed by atoms with van der Waals surface area (Å²) in [5, 5.41) is 0. The van der Waals surface area contributed by atoms with E-state index in [1.54, 1.807) is 0 Å². The molecule has 0 aliphatic heterocycles. The Morgan fingerprint density at radius 3 is 2.50 bits per heavy atom. The zero-order valence-corrected chi connectivity index (χ0v) is 15.8. The summed E-state index contributed by atoms with van der Waals surface area (Å²) >= 11 is 0. The fourth-order valence-electron chi connectivity index (χ4n) is 1.58. The first-order valence-electron chi connectivity index (χ1n) is 4.10. The van der Waals surface area contributed by atoms with Gasteiger partial charge in [0.15, 0.2) is 0 Å². The van der Waals surface area contributed by atoms with Crippen molar-refractivity contribution in [3.63, 3.8) is 0 Å². The number of rotatable bonds is 1. The average Bonchev–Trinajstić information content (AvgIpc) is 2.47. The first-order chi connectivity index (χ1) is 5.42. The Balaban J connectivity index is 0. The van der Waals surface area contributed by atoms with Crippen molar-refractivity contribution in [2.45, 2.75) is 19.3 Å². The van der Waals surface area contributed by atoms with Gasteiger partial charge in [0.25, 0.3) is 0 Å². The molecule has 0 amide bonds. The molecular weight excluding hydrogens is 564 g/mol. The van der Waals surface area contributed by atoms with Crippen molar-refractivity contribution in [3.8, 4) is 0 Å². The maximum absolute atomic E-state index is 3.35. The molecule has 1 atom stereocenters. The van der Waals surface area contributed by atoms with Crippen LogP contribution in [0.1, 0.15) is 30.4 Å². The van der Waals surface area contributed by atoms with Gasteiger partial charge in [-0.3, -0.25) is 6.08 Å². The van der Waals surface area contributed by atoms with Crippen molar-refractivity contribution in [3.05, 3.63) is 41.5 Å². The zero-order valence-electron chi connectivity index (χ0n) is 7.93. The van der Waals surface area contributed by atoms with Crippen LogP contribution in [0.15, 0.2) is 24.3 Å². The fraction of sp³-hybridized carbons (Fsp3) is 0.273. The molecule has 1 aromatic rings. The molecule has 14 heavy (non-hydrogen) atoms. The predicted molar refractivity (Wildman–Crippen MR) is 47.2 cm³/mol.